The number of aromatic amines is 1. The number of benzene rings is 1. The molecule has 0 bridgehead atoms. The van der Waals surface area contributed by atoms with E-state index < -0.39 is 15.9 Å². The molecule has 8 nitrogen and oxygen atoms in total. The number of hydrogen-bond acceptors (Lipinski definition) is 4. The maximum Gasteiger partial charge on any atom is 0.270 e. The highest BCUT2D eigenvalue weighted by Gasteiger charge is 2.34. The molecule has 3 heterocycles. The van der Waals surface area contributed by atoms with Crippen LogP contribution >= 0.6 is 11.6 Å². The first kappa shape index (κ1) is 22.8. The topological polar surface area (TPSA) is 103 Å². The van der Waals surface area contributed by atoms with Crippen molar-refractivity contribution >= 4 is 33.4 Å². The third-order valence-electron chi connectivity index (χ3n) is 6.05. The summed E-state index contributed by atoms with van der Waals surface area (Å²) in [6.45, 7) is 2.22. The Labute approximate surface area is 193 Å². The number of amides is 2. The quantitative estimate of drug-likeness (QED) is 0.666. The Hall–Kier alpha value is -2.36. The summed E-state index contributed by atoms with van der Waals surface area (Å²) in [5, 5.41) is 3.52. The number of rotatable bonds is 6. The monoisotopic (exact) mass is 478 g/mol. The third-order valence-corrected chi connectivity index (χ3v) is 8.15. The van der Waals surface area contributed by atoms with Gasteiger partial charge >= 0.3 is 0 Å². The van der Waals surface area contributed by atoms with Crippen molar-refractivity contribution in [2.24, 2.45) is 5.92 Å². The number of H-pyrrole nitrogens is 1. The maximum atomic E-state index is 13.2. The lowest BCUT2D eigenvalue weighted by Crippen LogP contribution is -2.45. The van der Waals surface area contributed by atoms with Gasteiger partial charge in [0.05, 0.1) is 5.92 Å². The molecule has 0 radical (unpaired) electrons. The average molecular weight is 479 g/mol. The standard InChI is InChI=1S/C22H27ClN4O4S/c23-18-7-5-16(6-8-18)13-25-21(28)17-4-3-11-27(15-17)32(30,31)19-12-20(24-14-19)22(29)26-9-1-2-10-26/h5-8,12,14,17,24H,1-4,9-11,13,15H2,(H,25,28)/t17-/m1/s1. The minimum absolute atomic E-state index is 0.0577. The molecule has 1 atom stereocenters. The van der Waals surface area contributed by atoms with Gasteiger partial charge < -0.3 is 15.2 Å². The van der Waals surface area contributed by atoms with Gasteiger partial charge in [-0.05, 0) is 49.4 Å². The maximum absolute atomic E-state index is 13.2. The van der Waals surface area contributed by atoms with Gasteiger partial charge in [0, 0.05) is 43.9 Å². The van der Waals surface area contributed by atoms with Crippen molar-refractivity contribution in [3.8, 4) is 0 Å². The highest BCUT2D eigenvalue weighted by atomic mass is 35.5. The van der Waals surface area contributed by atoms with Gasteiger partial charge in [0.2, 0.25) is 15.9 Å². The van der Waals surface area contributed by atoms with E-state index in [1.807, 2.05) is 12.1 Å². The van der Waals surface area contributed by atoms with Crippen LogP contribution in [0.2, 0.25) is 5.02 Å². The summed E-state index contributed by atoms with van der Waals surface area (Å²) < 4.78 is 27.7. The van der Waals surface area contributed by atoms with E-state index >= 15 is 0 Å². The predicted octanol–water partition coefficient (Wildman–Crippen LogP) is 2.62. The number of hydrogen-bond donors (Lipinski definition) is 2. The number of carbonyl (C=O) groups excluding carboxylic acids is 2. The first-order chi connectivity index (χ1) is 15.3. The van der Waals surface area contributed by atoms with Crippen LogP contribution in [0.15, 0.2) is 41.4 Å². The summed E-state index contributed by atoms with van der Waals surface area (Å²) in [6, 6.07) is 8.61. The molecule has 2 saturated heterocycles. The number of carbonyl (C=O) groups is 2. The Kier molecular flexibility index (Phi) is 6.88. The van der Waals surface area contributed by atoms with Gasteiger partial charge in [0.1, 0.15) is 10.6 Å². The highest BCUT2D eigenvalue weighted by molar-refractivity contribution is 7.89. The molecule has 1 aromatic heterocycles. The lowest BCUT2D eigenvalue weighted by molar-refractivity contribution is -0.126. The fourth-order valence-electron chi connectivity index (χ4n) is 4.20. The fourth-order valence-corrected chi connectivity index (χ4v) is 5.84. The zero-order valence-electron chi connectivity index (χ0n) is 17.7. The number of halogens is 1. The largest absolute Gasteiger partial charge is 0.356 e. The lowest BCUT2D eigenvalue weighted by Gasteiger charge is -2.31. The Balaban J connectivity index is 1.39. The Bertz CT molecular complexity index is 1080. The lowest BCUT2D eigenvalue weighted by atomic mass is 9.99. The first-order valence-electron chi connectivity index (χ1n) is 10.8. The molecule has 1 aromatic carbocycles. The smallest absolute Gasteiger partial charge is 0.270 e. The molecule has 0 saturated carbocycles. The van der Waals surface area contributed by atoms with E-state index in [-0.39, 0.29) is 28.9 Å². The van der Waals surface area contributed by atoms with E-state index in [4.69, 9.17) is 11.6 Å². The molecule has 32 heavy (non-hydrogen) atoms. The normalized spacial score (nSPS) is 19.8. The molecule has 172 valence electrons. The Morgan fingerprint density at radius 3 is 2.53 bits per heavy atom. The number of sulfonamides is 1. The molecule has 2 aromatic rings. The second-order valence-electron chi connectivity index (χ2n) is 8.29. The van der Waals surface area contributed by atoms with Crippen molar-refractivity contribution in [1.29, 1.82) is 0 Å². The molecular weight excluding hydrogens is 452 g/mol. The van der Waals surface area contributed by atoms with E-state index in [1.54, 1.807) is 17.0 Å². The minimum Gasteiger partial charge on any atom is -0.356 e. The number of likely N-dealkylation sites (tertiary alicyclic amines) is 1. The second kappa shape index (κ2) is 9.64. The van der Waals surface area contributed by atoms with E-state index in [0.717, 1.165) is 18.4 Å². The van der Waals surface area contributed by atoms with Crippen molar-refractivity contribution < 1.29 is 18.0 Å². The molecule has 2 fully saturated rings. The van der Waals surface area contributed by atoms with E-state index in [2.05, 4.69) is 10.3 Å². The zero-order chi connectivity index (χ0) is 22.7. The van der Waals surface area contributed by atoms with Crippen LogP contribution in [0.25, 0.3) is 0 Å². The summed E-state index contributed by atoms with van der Waals surface area (Å²) in [5.74, 6) is -0.767. The van der Waals surface area contributed by atoms with E-state index in [9.17, 15) is 18.0 Å². The van der Waals surface area contributed by atoms with Gasteiger partial charge in [0.15, 0.2) is 0 Å². The van der Waals surface area contributed by atoms with Crippen molar-refractivity contribution in [3.63, 3.8) is 0 Å². The van der Waals surface area contributed by atoms with Crippen LogP contribution in [0.3, 0.4) is 0 Å². The van der Waals surface area contributed by atoms with Crippen molar-refractivity contribution in [2.45, 2.75) is 37.1 Å². The molecule has 0 spiro atoms. The van der Waals surface area contributed by atoms with Crippen molar-refractivity contribution in [2.75, 3.05) is 26.2 Å². The van der Waals surface area contributed by atoms with Crippen molar-refractivity contribution in [1.82, 2.24) is 19.5 Å². The average Bonchev–Trinajstić information content (AvgIpc) is 3.51. The van der Waals surface area contributed by atoms with Gasteiger partial charge in [-0.1, -0.05) is 23.7 Å². The molecule has 0 unspecified atom stereocenters. The highest BCUT2D eigenvalue weighted by Crippen LogP contribution is 2.25. The van der Waals surface area contributed by atoms with E-state index in [0.29, 0.717) is 44.0 Å². The van der Waals surface area contributed by atoms with Crippen LogP contribution in [0, 0.1) is 5.92 Å². The van der Waals surface area contributed by atoms with Crippen LogP contribution in [0.4, 0.5) is 0 Å². The van der Waals surface area contributed by atoms with Crippen LogP contribution in [0.5, 0.6) is 0 Å². The van der Waals surface area contributed by atoms with Gasteiger partial charge in [-0.15, -0.1) is 0 Å². The first-order valence-corrected chi connectivity index (χ1v) is 12.7. The number of aromatic nitrogens is 1. The molecule has 10 heteroatoms. The van der Waals surface area contributed by atoms with Gasteiger partial charge in [-0.3, -0.25) is 9.59 Å². The molecule has 2 aliphatic rings. The minimum atomic E-state index is -3.80. The number of nitrogens with one attached hydrogen (secondary N) is 2. The zero-order valence-corrected chi connectivity index (χ0v) is 19.3. The van der Waals surface area contributed by atoms with Crippen molar-refractivity contribution in [3.05, 3.63) is 52.8 Å². The molecule has 2 N–H and O–H groups in total. The van der Waals surface area contributed by atoms with Crippen LogP contribution in [-0.2, 0) is 21.4 Å². The molecule has 2 aliphatic heterocycles. The van der Waals surface area contributed by atoms with Crippen LogP contribution < -0.4 is 5.32 Å². The summed E-state index contributed by atoms with van der Waals surface area (Å²) in [6.07, 6.45) is 4.52. The molecule has 4 rings (SSSR count). The SMILES string of the molecule is O=C(NCc1ccc(Cl)cc1)[C@@H]1CCCN(S(=O)(=O)c2c[nH]c(C(=O)N3CCCC3)c2)C1. The molecule has 0 aliphatic carbocycles. The van der Waals surface area contributed by atoms with Gasteiger partial charge in [-0.2, -0.15) is 4.31 Å². The second-order valence-corrected chi connectivity index (χ2v) is 10.7. The van der Waals surface area contributed by atoms with E-state index in [1.165, 1.54) is 16.6 Å². The fraction of sp³-hybridized carbons (Fsp3) is 0.455. The molecule has 2 amide bonds. The van der Waals surface area contributed by atoms with Gasteiger partial charge in [-0.25, -0.2) is 8.42 Å². The predicted molar refractivity (Wildman–Crippen MR) is 121 cm³/mol. The summed E-state index contributed by atoms with van der Waals surface area (Å²) in [4.78, 5) is 29.8. The Morgan fingerprint density at radius 1 is 1.09 bits per heavy atom. The number of nitrogens with zero attached hydrogens (tertiary/aromatic N) is 2. The van der Waals surface area contributed by atoms with Crippen LogP contribution in [-0.4, -0.2) is 60.6 Å². The summed E-state index contributed by atoms with van der Waals surface area (Å²) in [5.41, 5.74) is 1.20. The number of piperidine rings is 1. The Morgan fingerprint density at radius 2 is 1.81 bits per heavy atom. The van der Waals surface area contributed by atoms with Crippen LogP contribution in [0.1, 0.15) is 41.7 Å². The van der Waals surface area contributed by atoms with Gasteiger partial charge in [0.25, 0.3) is 5.91 Å². The third kappa shape index (κ3) is 5.00. The molecular formula is C22H27ClN4O4S. The summed E-state index contributed by atoms with van der Waals surface area (Å²) >= 11 is 5.88. The summed E-state index contributed by atoms with van der Waals surface area (Å²) in [7, 11) is -3.80.